The van der Waals surface area contributed by atoms with Crippen molar-refractivity contribution in [2.45, 2.75) is 38.6 Å². The van der Waals surface area contributed by atoms with Crippen LogP contribution in [0.25, 0.3) is 0 Å². The first kappa shape index (κ1) is 9.71. The van der Waals surface area contributed by atoms with Crippen LogP contribution in [-0.4, -0.2) is 22.6 Å². The first-order valence-electron chi connectivity index (χ1n) is 5.32. The molecule has 1 saturated heterocycles. The van der Waals surface area contributed by atoms with Crippen molar-refractivity contribution >= 4 is 0 Å². The monoisotopic (exact) mass is 193 g/mol. The Hall–Kier alpha value is -0.830. The lowest BCUT2D eigenvalue weighted by Gasteiger charge is -2.25. The summed E-state index contributed by atoms with van der Waals surface area (Å²) in [5, 5.41) is 3.40. The van der Waals surface area contributed by atoms with Gasteiger partial charge in [0.05, 0.1) is 6.33 Å². The second kappa shape index (κ2) is 3.39. The van der Waals surface area contributed by atoms with Crippen molar-refractivity contribution in [3.05, 3.63) is 18.2 Å². The molecule has 1 N–H and O–H groups in total. The molecule has 1 unspecified atom stereocenters. The summed E-state index contributed by atoms with van der Waals surface area (Å²) in [6.07, 6.45) is 5.21. The van der Waals surface area contributed by atoms with E-state index in [4.69, 9.17) is 0 Å². The first-order chi connectivity index (χ1) is 6.59. The Kier molecular flexibility index (Phi) is 2.35. The molecule has 1 aromatic rings. The summed E-state index contributed by atoms with van der Waals surface area (Å²) in [7, 11) is 0. The van der Waals surface area contributed by atoms with Gasteiger partial charge in [-0.05, 0) is 33.7 Å². The van der Waals surface area contributed by atoms with Crippen molar-refractivity contribution in [2.75, 3.05) is 13.1 Å². The summed E-state index contributed by atoms with van der Waals surface area (Å²) < 4.78 is 2.30. The molecule has 1 fully saturated rings. The van der Waals surface area contributed by atoms with Gasteiger partial charge in [-0.25, -0.2) is 4.98 Å². The SMILES string of the molecule is CC(C)(C)n1cncc1C1CCNC1. The first-order valence-corrected chi connectivity index (χ1v) is 5.32. The normalized spacial score (nSPS) is 22.9. The van der Waals surface area contributed by atoms with Crippen LogP contribution in [0.2, 0.25) is 0 Å². The Morgan fingerprint density at radius 1 is 1.50 bits per heavy atom. The average molecular weight is 193 g/mol. The number of hydrogen-bond donors (Lipinski definition) is 1. The van der Waals surface area contributed by atoms with Crippen molar-refractivity contribution < 1.29 is 0 Å². The second-order valence-corrected chi connectivity index (χ2v) is 5.05. The quantitative estimate of drug-likeness (QED) is 0.736. The molecule has 0 radical (unpaired) electrons. The number of imidazole rings is 1. The molecular formula is C11H19N3. The third-order valence-electron chi connectivity index (χ3n) is 2.87. The predicted octanol–water partition coefficient (Wildman–Crippen LogP) is 1.71. The number of hydrogen-bond acceptors (Lipinski definition) is 2. The molecule has 3 nitrogen and oxygen atoms in total. The fourth-order valence-electron chi connectivity index (χ4n) is 2.07. The molecule has 2 rings (SSSR count). The maximum atomic E-state index is 4.27. The molecule has 0 bridgehead atoms. The second-order valence-electron chi connectivity index (χ2n) is 5.05. The smallest absolute Gasteiger partial charge is 0.0953 e. The van der Waals surface area contributed by atoms with E-state index in [0.717, 1.165) is 13.1 Å². The molecule has 1 atom stereocenters. The van der Waals surface area contributed by atoms with Gasteiger partial charge in [0.1, 0.15) is 0 Å². The van der Waals surface area contributed by atoms with Crippen molar-refractivity contribution in [1.82, 2.24) is 14.9 Å². The molecule has 0 spiro atoms. The predicted molar refractivity (Wildman–Crippen MR) is 57.5 cm³/mol. The van der Waals surface area contributed by atoms with E-state index in [0.29, 0.717) is 5.92 Å². The van der Waals surface area contributed by atoms with E-state index in [9.17, 15) is 0 Å². The Morgan fingerprint density at radius 2 is 2.29 bits per heavy atom. The van der Waals surface area contributed by atoms with Crippen LogP contribution in [0.5, 0.6) is 0 Å². The zero-order valence-corrected chi connectivity index (χ0v) is 9.25. The van der Waals surface area contributed by atoms with E-state index in [2.05, 4.69) is 35.6 Å². The van der Waals surface area contributed by atoms with E-state index in [1.165, 1.54) is 12.1 Å². The minimum atomic E-state index is 0.147. The van der Waals surface area contributed by atoms with Crippen LogP contribution >= 0.6 is 0 Å². The molecular weight excluding hydrogens is 174 g/mol. The highest BCUT2D eigenvalue weighted by Gasteiger charge is 2.24. The van der Waals surface area contributed by atoms with Crippen LogP contribution in [0.1, 0.15) is 38.8 Å². The van der Waals surface area contributed by atoms with Crippen molar-refractivity contribution in [3.8, 4) is 0 Å². The Labute approximate surface area is 85.5 Å². The van der Waals surface area contributed by atoms with Gasteiger partial charge in [-0.1, -0.05) is 0 Å². The summed E-state index contributed by atoms with van der Waals surface area (Å²) in [6.45, 7) is 8.91. The maximum absolute atomic E-state index is 4.27. The molecule has 0 saturated carbocycles. The number of nitrogens with zero attached hydrogens (tertiary/aromatic N) is 2. The topological polar surface area (TPSA) is 29.9 Å². The van der Waals surface area contributed by atoms with E-state index in [1.807, 2.05) is 12.5 Å². The van der Waals surface area contributed by atoms with Crippen LogP contribution in [0.3, 0.4) is 0 Å². The zero-order valence-electron chi connectivity index (χ0n) is 9.25. The van der Waals surface area contributed by atoms with E-state index in [-0.39, 0.29) is 5.54 Å². The lowest BCUT2D eigenvalue weighted by Crippen LogP contribution is -2.24. The van der Waals surface area contributed by atoms with Gasteiger partial charge < -0.3 is 9.88 Å². The van der Waals surface area contributed by atoms with E-state index in [1.54, 1.807) is 0 Å². The van der Waals surface area contributed by atoms with Gasteiger partial charge in [0.25, 0.3) is 0 Å². The van der Waals surface area contributed by atoms with Crippen molar-refractivity contribution in [2.24, 2.45) is 0 Å². The van der Waals surface area contributed by atoms with Crippen molar-refractivity contribution in [3.63, 3.8) is 0 Å². The van der Waals surface area contributed by atoms with Gasteiger partial charge >= 0.3 is 0 Å². The van der Waals surface area contributed by atoms with Gasteiger partial charge in [0, 0.05) is 29.9 Å². The molecule has 0 amide bonds. The largest absolute Gasteiger partial charge is 0.329 e. The van der Waals surface area contributed by atoms with E-state index >= 15 is 0 Å². The molecule has 14 heavy (non-hydrogen) atoms. The maximum Gasteiger partial charge on any atom is 0.0953 e. The van der Waals surface area contributed by atoms with Crippen LogP contribution in [0, 0.1) is 0 Å². The van der Waals surface area contributed by atoms with Crippen LogP contribution in [0.4, 0.5) is 0 Å². The van der Waals surface area contributed by atoms with Crippen LogP contribution in [0.15, 0.2) is 12.5 Å². The molecule has 1 aliphatic rings. The number of rotatable bonds is 1. The van der Waals surface area contributed by atoms with Crippen LogP contribution in [-0.2, 0) is 5.54 Å². The molecule has 2 heterocycles. The molecule has 1 aromatic heterocycles. The van der Waals surface area contributed by atoms with Gasteiger partial charge in [0.2, 0.25) is 0 Å². The summed E-state index contributed by atoms with van der Waals surface area (Å²) in [6, 6.07) is 0. The van der Waals surface area contributed by atoms with Gasteiger partial charge in [-0.3, -0.25) is 0 Å². The summed E-state index contributed by atoms with van der Waals surface area (Å²) in [5.41, 5.74) is 1.52. The highest BCUT2D eigenvalue weighted by atomic mass is 15.1. The summed E-state index contributed by atoms with van der Waals surface area (Å²) >= 11 is 0. The summed E-state index contributed by atoms with van der Waals surface area (Å²) in [5.74, 6) is 0.650. The lowest BCUT2D eigenvalue weighted by molar-refractivity contribution is 0.377. The van der Waals surface area contributed by atoms with Gasteiger partial charge in [-0.2, -0.15) is 0 Å². The fraction of sp³-hybridized carbons (Fsp3) is 0.727. The molecule has 0 aliphatic carbocycles. The third kappa shape index (κ3) is 1.69. The van der Waals surface area contributed by atoms with Gasteiger partial charge in [-0.15, -0.1) is 0 Å². The standard InChI is InChI=1S/C11H19N3/c1-11(2,3)14-8-13-7-10(14)9-4-5-12-6-9/h7-9,12H,4-6H2,1-3H3. The Balaban J connectivity index is 2.29. The van der Waals surface area contributed by atoms with Crippen molar-refractivity contribution in [1.29, 1.82) is 0 Å². The minimum Gasteiger partial charge on any atom is -0.329 e. The van der Waals surface area contributed by atoms with E-state index < -0.39 is 0 Å². The zero-order chi connectivity index (χ0) is 10.2. The molecule has 0 aromatic carbocycles. The van der Waals surface area contributed by atoms with Gasteiger partial charge in [0.15, 0.2) is 0 Å². The lowest BCUT2D eigenvalue weighted by atomic mass is 10.0. The fourth-order valence-corrected chi connectivity index (χ4v) is 2.07. The third-order valence-corrected chi connectivity index (χ3v) is 2.87. The molecule has 1 aliphatic heterocycles. The number of aromatic nitrogens is 2. The minimum absolute atomic E-state index is 0.147. The number of nitrogens with one attached hydrogen (secondary N) is 1. The molecule has 3 heteroatoms. The van der Waals surface area contributed by atoms with Crippen LogP contribution < -0.4 is 5.32 Å². The highest BCUT2D eigenvalue weighted by molar-refractivity contribution is 5.11. The highest BCUT2D eigenvalue weighted by Crippen LogP contribution is 2.26. The summed E-state index contributed by atoms with van der Waals surface area (Å²) in [4.78, 5) is 4.27. The average Bonchev–Trinajstić information content (AvgIpc) is 2.73. The Bertz CT molecular complexity index is 303. The Morgan fingerprint density at radius 3 is 2.86 bits per heavy atom. The molecule has 78 valence electrons.